The Bertz CT molecular complexity index is 810. The van der Waals surface area contributed by atoms with E-state index in [9.17, 15) is 0 Å². The number of benzene rings is 2. The molecule has 2 rings (SSSR count). The summed E-state index contributed by atoms with van der Waals surface area (Å²) in [6, 6.07) is 16.5. The van der Waals surface area contributed by atoms with Gasteiger partial charge >= 0.3 is 0 Å². The fourth-order valence-corrected chi connectivity index (χ4v) is 2.48. The summed E-state index contributed by atoms with van der Waals surface area (Å²) >= 11 is 0. The third-order valence-corrected chi connectivity index (χ3v) is 4.07. The highest BCUT2D eigenvalue weighted by Gasteiger charge is 2.07. The third-order valence-electron chi connectivity index (χ3n) is 4.07. The number of hydrogen-bond donors (Lipinski definition) is 1. The van der Waals surface area contributed by atoms with Gasteiger partial charge in [0, 0.05) is 18.3 Å². The van der Waals surface area contributed by atoms with E-state index in [2.05, 4.69) is 74.1 Å². The van der Waals surface area contributed by atoms with Crippen LogP contribution in [0.1, 0.15) is 30.5 Å². The van der Waals surface area contributed by atoms with Gasteiger partial charge in [-0.25, -0.2) is 0 Å². The average molecular weight is 313 g/mol. The molecule has 2 aromatic carbocycles. The molecule has 2 aromatic rings. The molecule has 0 heterocycles. The van der Waals surface area contributed by atoms with Crippen LogP contribution in [0, 0.1) is 12.3 Å². The minimum absolute atomic E-state index is 0.888. The van der Waals surface area contributed by atoms with E-state index in [0.717, 1.165) is 22.4 Å². The van der Waals surface area contributed by atoms with Gasteiger partial charge in [-0.1, -0.05) is 54.5 Å². The van der Waals surface area contributed by atoms with Crippen LogP contribution >= 0.6 is 0 Å². The molecule has 0 fully saturated rings. The monoisotopic (exact) mass is 313 g/mol. The Hall–Kier alpha value is -2.98. The predicted molar refractivity (Wildman–Crippen MR) is 107 cm³/mol. The summed E-state index contributed by atoms with van der Waals surface area (Å²) in [5.74, 6) is 2.66. The maximum atomic E-state index is 5.46. The lowest BCUT2D eigenvalue weighted by Gasteiger charge is -2.12. The minimum Gasteiger partial charge on any atom is -0.388 e. The second-order valence-electron chi connectivity index (χ2n) is 5.68. The number of nitrogens with one attached hydrogen (secondary N) is 1. The van der Waals surface area contributed by atoms with E-state index in [1.54, 1.807) is 0 Å². The molecule has 0 saturated carbocycles. The van der Waals surface area contributed by atoms with Crippen LogP contribution in [0.5, 0.6) is 0 Å². The van der Waals surface area contributed by atoms with E-state index < -0.39 is 0 Å². The molecule has 24 heavy (non-hydrogen) atoms. The van der Waals surface area contributed by atoms with Crippen molar-refractivity contribution in [2.24, 2.45) is 0 Å². The Kier molecular flexibility index (Phi) is 5.82. The summed E-state index contributed by atoms with van der Waals surface area (Å²) < 4.78 is 0. The van der Waals surface area contributed by atoms with Crippen molar-refractivity contribution in [3.63, 3.8) is 0 Å². The molecule has 0 bridgehead atoms. The van der Waals surface area contributed by atoms with Crippen molar-refractivity contribution in [3.8, 4) is 12.3 Å². The van der Waals surface area contributed by atoms with Gasteiger partial charge in [-0.2, -0.15) is 0 Å². The standard InChI is InChI=1S/C23H23N/c1-6-17(3)16-23(21-10-8-19(7-2)9-11-21)18(4)20-12-14-22(24-5)15-13-20/h2,6,8-16,24H,1H2,3-5H3/b17-16+,23-18-. The molecule has 0 aliphatic heterocycles. The Morgan fingerprint density at radius 1 is 1.00 bits per heavy atom. The van der Waals surface area contributed by atoms with Crippen LogP contribution < -0.4 is 5.32 Å². The molecule has 0 radical (unpaired) electrons. The molecular formula is C23H23N. The second kappa shape index (κ2) is 8.04. The van der Waals surface area contributed by atoms with Crippen LogP contribution in [-0.4, -0.2) is 7.05 Å². The lowest BCUT2D eigenvalue weighted by molar-refractivity contribution is 1.47. The maximum Gasteiger partial charge on any atom is 0.0337 e. The Balaban J connectivity index is 2.58. The van der Waals surface area contributed by atoms with E-state index >= 15 is 0 Å². The van der Waals surface area contributed by atoms with Gasteiger partial charge in [0.05, 0.1) is 0 Å². The van der Waals surface area contributed by atoms with Crippen molar-refractivity contribution in [1.29, 1.82) is 0 Å². The first kappa shape index (κ1) is 17.4. The van der Waals surface area contributed by atoms with E-state index in [1.165, 1.54) is 16.7 Å². The van der Waals surface area contributed by atoms with Crippen LogP contribution in [0.4, 0.5) is 5.69 Å². The number of anilines is 1. The topological polar surface area (TPSA) is 12.0 Å². The van der Waals surface area contributed by atoms with Gasteiger partial charge in [0.1, 0.15) is 0 Å². The van der Waals surface area contributed by atoms with Gasteiger partial charge in [0.25, 0.3) is 0 Å². The molecule has 0 amide bonds. The van der Waals surface area contributed by atoms with Crippen molar-refractivity contribution in [2.45, 2.75) is 13.8 Å². The highest BCUT2D eigenvalue weighted by Crippen LogP contribution is 2.29. The maximum absolute atomic E-state index is 5.46. The van der Waals surface area contributed by atoms with Crippen molar-refractivity contribution in [2.75, 3.05) is 12.4 Å². The molecule has 1 N–H and O–H groups in total. The van der Waals surface area contributed by atoms with Gasteiger partial charge in [-0.05, 0) is 60.4 Å². The lowest BCUT2D eigenvalue weighted by atomic mass is 9.93. The molecule has 0 unspecified atom stereocenters. The molecule has 0 atom stereocenters. The zero-order chi connectivity index (χ0) is 17.5. The molecule has 0 saturated heterocycles. The minimum atomic E-state index is 0.888. The molecule has 120 valence electrons. The van der Waals surface area contributed by atoms with Crippen LogP contribution in [0.2, 0.25) is 0 Å². The fourth-order valence-electron chi connectivity index (χ4n) is 2.48. The number of rotatable bonds is 5. The first-order valence-corrected chi connectivity index (χ1v) is 7.96. The summed E-state index contributed by atoms with van der Waals surface area (Å²) in [6.07, 6.45) is 9.50. The third kappa shape index (κ3) is 4.06. The fraction of sp³-hybridized carbons (Fsp3) is 0.130. The predicted octanol–water partition coefficient (Wildman–Crippen LogP) is 5.77. The SMILES string of the molecule is C#Cc1ccc(C(/C=C(\C)C=C)=C(/C)c2ccc(NC)cc2)cc1. The van der Waals surface area contributed by atoms with Crippen LogP contribution in [-0.2, 0) is 0 Å². The first-order chi connectivity index (χ1) is 11.6. The normalized spacial score (nSPS) is 12.2. The van der Waals surface area contributed by atoms with Crippen LogP contribution in [0.3, 0.4) is 0 Å². The Morgan fingerprint density at radius 3 is 2.08 bits per heavy atom. The van der Waals surface area contributed by atoms with E-state index in [-0.39, 0.29) is 0 Å². The highest BCUT2D eigenvalue weighted by molar-refractivity contribution is 5.95. The number of terminal acetylenes is 1. The summed E-state index contributed by atoms with van der Waals surface area (Å²) in [4.78, 5) is 0. The quantitative estimate of drug-likeness (QED) is 0.419. The van der Waals surface area contributed by atoms with E-state index in [4.69, 9.17) is 6.42 Å². The van der Waals surface area contributed by atoms with Gasteiger partial charge < -0.3 is 5.32 Å². The smallest absolute Gasteiger partial charge is 0.0337 e. The second-order valence-corrected chi connectivity index (χ2v) is 5.68. The molecule has 0 aromatic heterocycles. The molecule has 1 nitrogen and oxygen atoms in total. The van der Waals surface area contributed by atoms with Crippen molar-refractivity contribution in [1.82, 2.24) is 0 Å². The average Bonchev–Trinajstić information content (AvgIpc) is 2.65. The van der Waals surface area contributed by atoms with Crippen LogP contribution in [0.25, 0.3) is 11.1 Å². The molecule has 0 spiro atoms. The molecular weight excluding hydrogens is 290 g/mol. The summed E-state index contributed by atoms with van der Waals surface area (Å²) in [6.45, 7) is 8.06. The van der Waals surface area contributed by atoms with Gasteiger partial charge in [-0.15, -0.1) is 6.42 Å². The van der Waals surface area contributed by atoms with Crippen molar-refractivity contribution < 1.29 is 0 Å². The lowest BCUT2D eigenvalue weighted by Crippen LogP contribution is -1.91. The summed E-state index contributed by atoms with van der Waals surface area (Å²) in [7, 11) is 1.92. The van der Waals surface area contributed by atoms with Gasteiger partial charge in [0.15, 0.2) is 0 Å². The summed E-state index contributed by atoms with van der Waals surface area (Å²) in [5.41, 5.74) is 7.84. The van der Waals surface area contributed by atoms with Gasteiger partial charge in [0.2, 0.25) is 0 Å². The first-order valence-electron chi connectivity index (χ1n) is 7.96. The zero-order valence-electron chi connectivity index (χ0n) is 14.6. The highest BCUT2D eigenvalue weighted by atomic mass is 14.8. The molecule has 1 heteroatoms. The zero-order valence-corrected chi connectivity index (χ0v) is 14.6. The molecule has 0 aliphatic carbocycles. The van der Waals surface area contributed by atoms with Crippen LogP contribution in [0.15, 0.2) is 72.8 Å². The van der Waals surface area contributed by atoms with Crippen molar-refractivity contribution >= 4 is 16.8 Å². The van der Waals surface area contributed by atoms with E-state index in [1.807, 2.05) is 25.3 Å². The van der Waals surface area contributed by atoms with E-state index in [0.29, 0.717) is 0 Å². The molecule has 0 aliphatic rings. The van der Waals surface area contributed by atoms with Gasteiger partial charge in [-0.3, -0.25) is 0 Å². The van der Waals surface area contributed by atoms with Crippen molar-refractivity contribution in [3.05, 3.63) is 89.5 Å². The largest absolute Gasteiger partial charge is 0.388 e. The number of hydrogen-bond acceptors (Lipinski definition) is 1. The Morgan fingerprint density at radius 2 is 1.58 bits per heavy atom. The summed E-state index contributed by atoms with van der Waals surface area (Å²) in [5, 5.41) is 3.15. The number of allylic oxidation sites excluding steroid dienone is 5. The Labute approximate surface area is 145 Å².